The van der Waals surface area contributed by atoms with Gasteiger partial charge >= 0.3 is 6.03 Å². The van der Waals surface area contributed by atoms with Crippen LogP contribution in [-0.4, -0.2) is 43.8 Å². The van der Waals surface area contributed by atoms with Crippen LogP contribution in [0.4, 0.5) is 21.9 Å². The van der Waals surface area contributed by atoms with Gasteiger partial charge in [-0.1, -0.05) is 5.92 Å². The maximum Gasteiger partial charge on any atom is 0.323 e. The number of nitrogens with zero attached hydrogens (tertiary/aromatic N) is 1. The molecule has 30 heavy (non-hydrogen) atoms. The molecule has 0 spiro atoms. The Morgan fingerprint density at radius 3 is 2.50 bits per heavy atom. The zero-order valence-corrected chi connectivity index (χ0v) is 16.0. The molecule has 0 fully saturated rings. The van der Waals surface area contributed by atoms with E-state index in [4.69, 9.17) is 6.42 Å². The molecule has 0 aliphatic carbocycles. The summed E-state index contributed by atoms with van der Waals surface area (Å²) in [5, 5.41) is 13.5. The second-order valence-corrected chi connectivity index (χ2v) is 6.26. The molecule has 0 aromatic heterocycles. The lowest BCUT2D eigenvalue weighted by molar-refractivity contribution is -0.105. The lowest BCUT2D eigenvalue weighted by atomic mass is 10.1. The molecule has 0 saturated carbocycles. The highest BCUT2D eigenvalue weighted by Gasteiger charge is 2.11. The first-order valence-electron chi connectivity index (χ1n) is 9.13. The predicted molar refractivity (Wildman–Crippen MR) is 116 cm³/mol. The summed E-state index contributed by atoms with van der Waals surface area (Å²) in [6.45, 7) is 1.63. The van der Waals surface area contributed by atoms with Crippen LogP contribution in [0.2, 0.25) is 0 Å². The molecular weight excluding hydrogens is 384 g/mol. The van der Waals surface area contributed by atoms with Gasteiger partial charge in [-0.05, 0) is 42.5 Å². The summed E-state index contributed by atoms with van der Waals surface area (Å²) in [6, 6.07) is 11.2. The van der Waals surface area contributed by atoms with E-state index < -0.39 is 11.9 Å². The van der Waals surface area contributed by atoms with E-state index in [0.717, 1.165) is 24.5 Å². The molecule has 1 heterocycles. The van der Waals surface area contributed by atoms with Crippen molar-refractivity contribution in [2.45, 2.75) is 0 Å². The smallest absolute Gasteiger partial charge is 0.323 e. The number of anilines is 3. The fourth-order valence-electron chi connectivity index (χ4n) is 2.81. The number of urea groups is 1. The van der Waals surface area contributed by atoms with Gasteiger partial charge in [0.1, 0.15) is 5.84 Å². The Balaban J connectivity index is 1.68. The number of rotatable bonds is 7. The fraction of sp³-hybridized carbons (Fsp3) is 0.143. The second-order valence-electron chi connectivity index (χ2n) is 6.26. The molecule has 0 saturated heterocycles. The van der Waals surface area contributed by atoms with Crippen molar-refractivity contribution in [1.29, 1.82) is 0 Å². The molecule has 3 rings (SSSR count). The van der Waals surface area contributed by atoms with E-state index in [9.17, 15) is 14.4 Å². The van der Waals surface area contributed by atoms with Gasteiger partial charge in [-0.3, -0.25) is 14.6 Å². The predicted octanol–water partition coefficient (Wildman–Crippen LogP) is 1.61. The van der Waals surface area contributed by atoms with Crippen molar-refractivity contribution in [3.8, 4) is 12.3 Å². The minimum absolute atomic E-state index is 0.0609. The number of aliphatic imine (C=N–C) groups is 1. The molecule has 0 unspecified atom stereocenters. The highest BCUT2D eigenvalue weighted by atomic mass is 16.2. The van der Waals surface area contributed by atoms with Gasteiger partial charge in [-0.25, -0.2) is 4.79 Å². The average Bonchev–Trinajstić information content (AvgIpc) is 3.27. The van der Waals surface area contributed by atoms with Crippen LogP contribution in [0.25, 0.3) is 0 Å². The Hall–Kier alpha value is -4.32. The Kier molecular flexibility index (Phi) is 6.63. The summed E-state index contributed by atoms with van der Waals surface area (Å²) in [5.41, 5.74) is 2.44. The number of amides is 4. The van der Waals surface area contributed by atoms with Gasteiger partial charge in [0.15, 0.2) is 0 Å². The number of terminal acetylenes is 1. The number of carbonyl (C=O) groups excluding carboxylic acids is 3. The SMILES string of the molecule is C#CCNC(=O)c1cc(NC=O)cc(NC(=O)Nc2ccc(C3=NCCN3)cc2)c1. The first kappa shape index (κ1) is 20.4. The third-order valence-corrected chi connectivity index (χ3v) is 4.12. The highest BCUT2D eigenvalue weighted by Crippen LogP contribution is 2.20. The summed E-state index contributed by atoms with van der Waals surface area (Å²) < 4.78 is 0. The molecule has 0 radical (unpaired) electrons. The fourth-order valence-corrected chi connectivity index (χ4v) is 2.81. The molecule has 2 aromatic carbocycles. The summed E-state index contributed by atoms with van der Waals surface area (Å²) in [6.07, 6.45) is 5.63. The molecule has 0 bridgehead atoms. The van der Waals surface area contributed by atoms with Gasteiger partial charge in [0.05, 0.1) is 13.1 Å². The van der Waals surface area contributed by atoms with Crippen molar-refractivity contribution in [3.63, 3.8) is 0 Å². The largest absolute Gasteiger partial charge is 0.368 e. The molecule has 1 aliphatic rings. The molecule has 0 atom stereocenters. The number of amidine groups is 1. The van der Waals surface area contributed by atoms with Crippen LogP contribution < -0.4 is 26.6 Å². The van der Waals surface area contributed by atoms with E-state index in [1.807, 2.05) is 12.1 Å². The van der Waals surface area contributed by atoms with E-state index in [1.165, 1.54) is 18.2 Å². The summed E-state index contributed by atoms with van der Waals surface area (Å²) >= 11 is 0. The van der Waals surface area contributed by atoms with Crippen LogP contribution >= 0.6 is 0 Å². The molecular formula is C21H20N6O3. The van der Waals surface area contributed by atoms with Crippen molar-refractivity contribution in [3.05, 3.63) is 53.6 Å². The maximum atomic E-state index is 12.4. The summed E-state index contributed by atoms with van der Waals surface area (Å²) in [7, 11) is 0. The van der Waals surface area contributed by atoms with E-state index in [2.05, 4.69) is 37.5 Å². The van der Waals surface area contributed by atoms with Crippen LogP contribution in [0, 0.1) is 12.3 Å². The van der Waals surface area contributed by atoms with Crippen molar-refractivity contribution >= 4 is 41.2 Å². The summed E-state index contributed by atoms with van der Waals surface area (Å²) in [4.78, 5) is 39.7. The van der Waals surface area contributed by atoms with Crippen LogP contribution in [0.1, 0.15) is 15.9 Å². The van der Waals surface area contributed by atoms with Crippen LogP contribution in [-0.2, 0) is 4.79 Å². The number of hydrogen-bond acceptors (Lipinski definition) is 5. The van der Waals surface area contributed by atoms with Crippen molar-refractivity contribution in [1.82, 2.24) is 10.6 Å². The molecule has 2 aromatic rings. The third-order valence-electron chi connectivity index (χ3n) is 4.12. The zero-order chi connectivity index (χ0) is 21.3. The topological polar surface area (TPSA) is 124 Å². The van der Waals surface area contributed by atoms with Crippen LogP contribution in [0.3, 0.4) is 0 Å². The number of benzene rings is 2. The quantitative estimate of drug-likeness (QED) is 0.355. The van der Waals surface area contributed by atoms with E-state index in [0.29, 0.717) is 23.5 Å². The first-order valence-corrected chi connectivity index (χ1v) is 9.13. The van der Waals surface area contributed by atoms with E-state index >= 15 is 0 Å². The number of nitrogens with one attached hydrogen (secondary N) is 5. The Labute approximate surface area is 173 Å². The molecule has 9 heteroatoms. The Morgan fingerprint density at radius 1 is 1.10 bits per heavy atom. The van der Waals surface area contributed by atoms with Crippen LogP contribution in [0.15, 0.2) is 47.5 Å². The van der Waals surface area contributed by atoms with Gasteiger partial charge in [-0.2, -0.15) is 0 Å². The maximum absolute atomic E-state index is 12.4. The van der Waals surface area contributed by atoms with Crippen molar-refractivity contribution < 1.29 is 14.4 Å². The lowest BCUT2D eigenvalue weighted by Gasteiger charge is -2.12. The van der Waals surface area contributed by atoms with Gasteiger partial charge < -0.3 is 26.6 Å². The minimum Gasteiger partial charge on any atom is -0.368 e. The third kappa shape index (κ3) is 5.36. The normalized spacial score (nSPS) is 12.0. The van der Waals surface area contributed by atoms with Crippen molar-refractivity contribution in [2.24, 2.45) is 4.99 Å². The average molecular weight is 404 g/mol. The van der Waals surface area contributed by atoms with Gasteiger partial charge in [0, 0.05) is 34.7 Å². The first-order chi connectivity index (χ1) is 14.6. The van der Waals surface area contributed by atoms with Crippen molar-refractivity contribution in [2.75, 3.05) is 35.6 Å². The Bertz CT molecular complexity index is 1020. The number of hydrogen-bond donors (Lipinski definition) is 5. The lowest BCUT2D eigenvalue weighted by Crippen LogP contribution is -2.24. The molecule has 9 nitrogen and oxygen atoms in total. The summed E-state index contributed by atoms with van der Waals surface area (Å²) in [5.74, 6) is 2.72. The minimum atomic E-state index is -0.502. The molecule has 152 valence electrons. The van der Waals surface area contributed by atoms with Gasteiger partial charge in [0.2, 0.25) is 6.41 Å². The van der Waals surface area contributed by atoms with Gasteiger partial charge in [-0.15, -0.1) is 6.42 Å². The monoisotopic (exact) mass is 404 g/mol. The number of carbonyl (C=O) groups is 3. The highest BCUT2D eigenvalue weighted by molar-refractivity contribution is 6.03. The van der Waals surface area contributed by atoms with E-state index in [-0.39, 0.29) is 12.1 Å². The zero-order valence-electron chi connectivity index (χ0n) is 16.0. The van der Waals surface area contributed by atoms with Crippen LogP contribution in [0.5, 0.6) is 0 Å². The second kappa shape index (κ2) is 9.75. The standard InChI is InChI=1S/C21H20N6O3/c1-2-7-24-20(29)15-10-17(25-13-28)12-18(11-15)27-21(30)26-16-5-3-14(4-6-16)19-22-8-9-23-19/h1,3-6,10-13H,7-9H2,(H,22,23)(H,24,29)(H,25,28)(H2,26,27,30). The molecule has 1 aliphatic heterocycles. The Morgan fingerprint density at radius 2 is 1.83 bits per heavy atom. The molecule has 4 amide bonds. The van der Waals surface area contributed by atoms with Gasteiger partial charge in [0.25, 0.3) is 5.91 Å². The van der Waals surface area contributed by atoms with E-state index in [1.54, 1.807) is 12.1 Å². The molecule has 5 N–H and O–H groups in total.